The van der Waals surface area contributed by atoms with Crippen molar-refractivity contribution in [3.05, 3.63) is 52.7 Å². The van der Waals surface area contributed by atoms with Gasteiger partial charge in [0, 0.05) is 44.2 Å². The normalized spacial score (nSPS) is 16.6. The van der Waals surface area contributed by atoms with Gasteiger partial charge in [0.05, 0.1) is 23.2 Å². The fourth-order valence-corrected chi connectivity index (χ4v) is 5.39. The monoisotopic (exact) mass is 440 g/mol. The van der Waals surface area contributed by atoms with E-state index in [2.05, 4.69) is 22.5 Å². The Labute approximate surface area is 186 Å². The lowest BCUT2D eigenvalue weighted by atomic mass is 9.93. The van der Waals surface area contributed by atoms with E-state index in [4.69, 9.17) is 4.74 Å². The molecule has 3 heterocycles. The summed E-state index contributed by atoms with van der Waals surface area (Å²) in [6, 6.07) is 8.18. The number of carbonyl (C=O) groups is 2. The number of nitrogens with one attached hydrogen (secondary N) is 1. The first-order chi connectivity index (χ1) is 15.1. The maximum atomic E-state index is 13.2. The number of likely N-dealkylation sites (tertiary alicyclic amines) is 1. The van der Waals surface area contributed by atoms with Crippen LogP contribution in [-0.2, 0) is 18.2 Å². The van der Waals surface area contributed by atoms with Crippen molar-refractivity contribution in [1.82, 2.24) is 20.0 Å². The minimum absolute atomic E-state index is 0.0171. The van der Waals surface area contributed by atoms with Gasteiger partial charge >= 0.3 is 0 Å². The lowest BCUT2D eigenvalue weighted by molar-refractivity contribution is 0.0614. The number of carbonyl (C=O) groups excluding carboxylic acids is 2. The second-order valence-corrected chi connectivity index (χ2v) is 8.96. The van der Waals surface area contributed by atoms with Crippen molar-refractivity contribution in [2.75, 3.05) is 26.8 Å². The van der Waals surface area contributed by atoms with Gasteiger partial charge < -0.3 is 15.0 Å². The Bertz CT molecular complexity index is 1070. The Balaban J connectivity index is 1.63. The average Bonchev–Trinajstić information content (AvgIpc) is 3.38. The van der Waals surface area contributed by atoms with Crippen LogP contribution >= 0.6 is 11.3 Å². The van der Waals surface area contributed by atoms with Crippen molar-refractivity contribution in [3.63, 3.8) is 0 Å². The number of amides is 2. The number of aryl methyl sites for hydroxylation is 1. The molecular weight excluding hydrogens is 412 g/mol. The molecule has 0 bridgehead atoms. The van der Waals surface area contributed by atoms with Gasteiger partial charge in [0.15, 0.2) is 0 Å². The summed E-state index contributed by atoms with van der Waals surface area (Å²) >= 11 is 1.52. The van der Waals surface area contributed by atoms with E-state index in [1.807, 2.05) is 24.1 Å². The van der Waals surface area contributed by atoms with Gasteiger partial charge in [-0.05, 0) is 42.7 Å². The molecule has 0 aliphatic carbocycles. The van der Waals surface area contributed by atoms with Crippen LogP contribution in [0, 0.1) is 0 Å². The number of aromatic nitrogens is 2. The van der Waals surface area contributed by atoms with E-state index < -0.39 is 0 Å². The largest absolute Gasteiger partial charge is 0.383 e. The van der Waals surface area contributed by atoms with Crippen LogP contribution in [0.1, 0.15) is 44.9 Å². The first kappa shape index (κ1) is 21.5. The van der Waals surface area contributed by atoms with Gasteiger partial charge in [0.25, 0.3) is 11.8 Å². The summed E-state index contributed by atoms with van der Waals surface area (Å²) < 4.78 is 7.81. The van der Waals surface area contributed by atoms with Gasteiger partial charge in [0.1, 0.15) is 0 Å². The minimum Gasteiger partial charge on any atom is -0.383 e. The molecule has 0 saturated carbocycles. The maximum absolute atomic E-state index is 13.2. The highest BCUT2D eigenvalue weighted by molar-refractivity contribution is 7.21. The van der Waals surface area contributed by atoms with Crippen LogP contribution in [0.25, 0.3) is 10.1 Å². The molecule has 1 saturated heterocycles. The summed E-state index contributed by atoms with van der Waals surface area (Å²) in [4.78, 5) is 28.8. The van der Waals surface area contributed by atoms with Gasteiger partial charge in [-0.3, -0.25) is 14.3 Å². The van der Waals surface area contributed by atoms with Crippen LogP contribution in [-0.4, -0.2) is 59.3 Å². The van der Waals surface area contributed by atoms with Crippen LogP contribution in [0.15, 0.2) is 36.7 Å². The number of methoxy groups -OCH3 is 1. The Kier molecular flexibility index (Phi) is 6.67. The topological polar surface area (TPSA) is 76.5 Å². The molecular formula is C23H28N4O3S. The Morgan fingerprint density at radius 3 is 2.90 bits per heavy atom. The number of rotatable bonds is 7. The third-order valence-electron chi connectivity index (χ3n) is 5.78. The molecule has 4 rings (SSSR count). The maximum Gasteiger partial charge on any atom is 0.261 e. The number of ether oxygens (including phenoxy) is 1. The van der Waals surface area contributed by atoms with E-state index in [0.717, 1.165) is 46.3 Å². The number of nitrogens with zero attached hydrogens (tertiary/aromatic N) is 3. The van der Waals surface area contributed by atoms with Crippen molar-refractivity contribution >= 4 is 33.2 Å². The fourth-order valence-electron chi connectivity index (χ4n) is 4.25. The molecule has 3 aromatic rings. The van der Waals surface area contributed by atoms with Gasteiger partial charge in [-0.1, -0.05) is 18.2 Å². The highest BCUT2D eigenvalue weighted by Crippen LogP contribution is 2.34. The molecule has 1 fully saturated rings. The summed E-state index contributed by atoms with van der Waals surface area (Å²) in [5.74, 6) is -0.0578. The van der Waals surface area contributed by atoms with Gasteiger partial charge in [0.2, 0.25) is 0 Å². The van der Waals surface area contributed by atoms with Crippen molar-refractivity contribution in [3.8, 4) is 0 Å². The fraction of sp³-hybridized carbons (Fsp3) is 0.435. The van der Waals surface area contributed by atoms with Gasteiger partial charge in [-0.25, -0.2) is 0 Å². The predicted octanol–water partition coefficient (Wildman–Crippen LogP) is 3.25. The molecule has 0 unspecified atom stereocenters. The first-order valence-corrected chi connectivity index (χ1v) is 11.5. The highest BCUT2D eigenvalue weighted by atomic mass is 32.1. The van der Waals surface area contributed by atoms with Gasteiger partial charge in [-0.15, -0.1) is 11.3 Å². The molecule has 0 radical (unpaired) electrons. The van der Waals surface area contributed by atoms with Crippen LogP contribution < -0.4 is 5.32 Å². The summed E-state index contributed by atoms with van der Waals surface area (Å²) in [5, 5.41) is 8.21. The summed E-state index contributed by atoms with van der Waals surface area (Å²) in [6.07, 6.45) is 7.07. The zero-order valence-corrected chi connectivity index (χ0v) is 18.8. The number of hydrogen-bond donors (Lipinski definition) is 1. The molecule has 1 atom stereocenters. The summed E-state index contributed by atoms with van der Waals surface area (Å²) in [5.41, 5.74) is 1.65. The zero-order chi connectivity index (χ0) is 21.8. The van der Waals surface area contributed by atoms with Crippen molar-refractivity contribution in [2.24, 2.45) is 7.05 Å². The van der Waals surface area contributed by atoms with Crippen molar-refractivity contribution in [2.45, 2.75) is 31.7 Å². The minimum atomic E-state index is -0.0748. The summed E-state index contributed by atoms with van der Waals surface area (Å²) in [7, 11) is 3.43. The van der Waals surface area contributed by atoms with E-state index in [1.54, 1.807) is 24.2 Å². The summed E-state index contributed by atoms with van der Waals surface area (Å²) in [6.45, 7) is 1.68. The quantitative estimate of drug-likeness (QED) is 0.572. The first-order valence-electron chi connectivity index (χ1n) is 10.7. The Hall–Kier alpha value is -2.71. The second kappa shape index (κ2) is 9.62. The lowest BCUT2D eigenvalue weighted by Crippen LogP contribution is -2.45. The molecule has 1 aliphatic heterocycles. The van der Waals surface area contributed by atoms with Crippen molar-refractivity contribution in [1.29, 1.82) is 0 Å². The number of piperidine rings is 1. The molecule has 8 heteroatoms. The number of hydrogen-bond acceptors (Lipinski definition) is 5. The van der Waals surface area contributed by atoms with E-state index in [-0.39, 0.29) is 17.9 Å². The molecule has 7 nitrogen and oxygen atoms in total. The molecule has 2 aromatic heterocycles. The smallest absolute Gasteiger partial charge is 0.261 e. The number of thiophene rings is 1. The van der Waals surface area contributed by atoms with E-state index in [9.17, 15) is 9.59 Å². The average molecular weight is 441 g/mol. The van der Waals surface area contributed by atoms with E-state index in [1.165, 1.54) is 11.3 Å². The lowest BCUT2D eigenvalue weighted by Gasteiger charge is -2.36. The molecule has 1 aliphatic rings. The SMILES string of the molecule is COCCNC(=O)c1sc2ccccc2c1C[C@H]1CCCCN1C(=O)c1cnn(C)c1. The number of benzene rings is 1. The van der Waals surface area contributed by atoms with Crippen LogP contribution in [0.3, 0.4) is 0 Å². The van der Waals surface area contributed by atoms with E-state index in [0.29, 0.717) is 25.1 Å². The number of fused-ring (bicyclic) bond motifs is 1. The van der Waals surface area contributed by atoms with E-state index >= 15 is 0 Å². The third-order valence-corrected chi connectivity index (χ3v) is 6.99. The zero-order valence-electron chi connectivity index (χ0n) is 18.0. The highest BCUT2D eigenvalue weighted by Gasteiger charge is 2.30. The molecule has 31 heavy (non-hydrogen) atoms. The molecule has 0 spiro atoms. The Morgan fingerprint density at radius 1 is 1.29 bits per heavy atom. The van der Waals surface area contributed by atoms with Crippen LogP contribution in [0.5, 0.6) is 0 Å². The van der Waals surface area contributed by atoms with Crippen molar-refractivity contribution < 1.29 is 14.3 Å². The molecule has 1 aromatic carbocycles. The van der Waals surface area contributed by atoms with Crippen LogP contribution in [0.4, 0.5) is 0 Å². The van der Waals surface area contributed by atoms with Gasteiger partial charge in [-0.2, -0.15) is 5.10 Å². The molecule has 164 valence electrons. The van der Waals surface area contributed by atoms with Crippen LogP contribution in [0.2, 0.25) is 0 Å². The molecule has 2 amide bonds. The third kappa shape index (κ3) is 4.65. The second-order valence-electron chi connectivity index (χ2n) is 7.91. The predicted molar refractivity (Wildman–Crippen MR) is 122 cm³/mol. The standard InChI is InChI=1S/C23H28N4O3S/c1-26-15-16(14-25-26)23(29)27-11-6-5-7-17(27)13-19-18-8-3-4-9-20(18)31-21(19)22(28)24-10-12-30-2/h3-4,8-9,14-15,17H,5-7,10-13H2,1-2H3,(H,24,28)/t17-/m1/s1. The Morgan fingerprint density at radius 2 is 2.13 bits per heavy atom. The molecule has 1 N–H and O–H groups in total.